The number of carboxylic acids is 2. The number of imide groups is 2. The van der Waals surface area contributed by atoms with E-state index in [0.29, 0.717) is 0 Å². The van der Waals surface area contributed by atoms with Gasteiger partial charge in [-0.15, -0.1) is 0 Å². The van der Waals surface area contributed by atoms with Gasteiger partial charge >= 0.3 is 11.9 Å². The Morgan fingerprint density at radius 3 is 1.32 bits per heavy atom. The first kappa shape index (κ1) is 20.0. The van der Waals surface area contributed by atoms with Crippen molar-refractivity contribution in [1.29, 1.82) is 0 Å². The number of amides is 4. The molecule has 0 fully saturated rings. The maximum atomic E-state index is 12.5. The van der Waals surface area contributed by atoms with E-state index in [4.69, 9.17) is 10.2 Å². The molecule has 0 radical (unpaired) electrons. The molecule has 0 saturated heterocycles. The van der Waals surface area contributed by atoms with E-state index in [0.717, 1.165) is 21.9 Å². The van der Waals surface area contributed by atoms with E-state index >= 15 is 0 Å². The second kappa shape index (κ2) is 7.17. The predicted molar refractivity (Wildman–Crippen MR) is 102 cm³/mol. The van der Waals surface area contributed by atoms with Crippen molar-refractivity contribution in [2.75, 3.05) is 13.1 Å². The average Bonchev–Trinajstić information content (AvgIpc) is 3.13. The first-order chi connectivity index (χ1) is 14.7. The minimum absolute atomic E-state index is 0.00756. The van der Waals surface area contributed by atoms with Gasteiger partial charge in [0.25, 0.3) is 23.6 Å². The lowest BCUT2D eigenvalue weighted by Gasteiger charge is -2.17. The van der Waals surface area contributed by atoms with Gasteiger partial charge in [-0.3, -0.25) is 29.0 Å². The minimum Gasteiger partial charge on any atom is -0.478 e. The van der Waals surface area contributed by atoms with Crippen molar-refractivity contribution >= 4 is 35.6 Å². The lowest BCUT2D eigenvalue weighted by molar-refractivity contribution is 0.0621. The van der Waals surface area contributed by atoms with Crippen molar-refractivity contribution < 1.29 is 39.0 Å². The van der Waals surface area contributed by atoms with Crippen LogP contribution in [0, 0.1) is 0 Å². The van der Waals surface area contributed by atoms with Crippen molar-refractivity contribution in [3.63, 3.8) is 0 Å². The molecular formula is C21H14N2O8. The molecule has 156 valence electrons. The smallest absolute Gasteiger partial charge is 0.335 e. The van der Waals surface area contributed by atoms with Crippen LogP contribution in [0.2, 0.25) is 0 Å². The van der Waals surface area contributed by atoms with Crippen LogP contribution in [0.1, 0.15) is 68.6 Å². The standard InChI is InChI=1S/C21H14N2O8/c24-16-12-4-2-10(20(28)29)8-14(12)18(26)22(16)6-1-7-23-17(25)13-5-3-11(21(30)31)9-15(13)19(23)27/h2-5,8-9H,1,6-7H2,(H,28,29)(H,30,31). The summed E-state index contributed by atoms with van der Waals surface area (Å²) in [5, 5.41) is 18.1. The maximum absolute atomic E-state index is 12.5. The molecule has 0 bridgehead atoms. The van der Waals surface area contributed by atoms with Crippen LogP contribution in [0.15, 0.2) is 36.4 Å². The number of rotatable bonds is 6. The molecule has 2 aliphatic heterocycles. The van der Waals surface area contributed by atoms with Gasteiger partial charge < -0.3 is 10.2 Å². The number of aromatic carboxylic acids is 2. The highest BCUT2D eigenvalue weighted by Crippen LogP contribution is 2.26. The number of carbonyl (C=O) groups is 6. The van der Waals surface area contributed by atoms with E-state index in [1.807, 2.05) is 0 Å². The summed E-state index contributed by atoms with van der Waals surface area (Å²) in [7, 11) is 0. The molecule has 2 N–H and O–H groups in total. The summed E-state index contributed by atoms with van der Waals surface area (Å²) in [6.07, 6.45) is 0.106. The second-order valence-corrected chi connectivity index (χ2v) is 7.01. The molecule has 31 heavy (non-hydrogen) atoms. The van der Waals surface area contributed by atoms with Gasteiger partial charge in [-0.05, 0) is 42.8 Å². The SMILES string of the molecule is O=C(O)c1ccc2c(c1)C(=O)N(CCCN1C(=O)c3ccc(C(=O)O)cc3C1=O)C2=O. The highest BCUT2D eigenvalue weighted by Gasteiger charge is 2.38. The summed E-state index contributed by atoms with van der Waals surface area (Å²) >= 11 is 0. The van der Waals surface area contributed by atoms with E-state index in [1.54, 1.807) is 0 Å². The Kier molecular flexibility index (Phi) is 4.61. The number of benzene rings is 2. The molecule has 0 aromatic heterocycles. The summed E-state index contributed by atoms with van der Waals surface area (Å²) in [5.41, 5.74) is -0.0606. The molecule has 0 aliphatic carbocycles. The quantitative estimate of drug-likeness (QED) is 0.663. The van der Waals surface area contributed by atoms with E-state index in [9.17, 15) is 28.8 Å². The van der Waals surface area contributed by atoms with Crippen LogP contribution >= 0.6 is 0 Å². The zero-order chi connectivity index (χ0) is 22.4. The molecule has 0 atom stereocenters. The average molecular weight is 422 g/mol. The zero-order valence-electron chi connectivity index (χ0n) is 15.8. The minimum atomic E-state index is -1.22. The fraction of sp³-hybridized carbons (Fsp3) is 0.143. The molecule has 2 aromatic rings. The molecule has 4 rings (SSSR count). The van der Waals surface area contributed by atoms with Gasteiger partial charge in [0.15, 0.2) is 0 Å². The van der Waals surface area contributed by atoms with Gasteiger partial charge in [-0.25, -0.2) is 9.59 Å². The first-order valence-corrected chi connectivity index (χ1v) is 9.17. The van der Waals surface area contributed by atoms with E-state index in [2.05, 4.69) is 0 Å². The summed E-state index contributed by atoms with van der Waals surface area (Å²) in [6, 6.07) is 7.32. The van der Waals surface area contributed by atoms with Gasteiger partial charge in [-0.2, -0.15) is 0 Å². The lowest BCUT2D eigenvalue weighted by atomic mass is 10.1. The van der Waals surface area contributed by atoms with Crippen LogP contribution in [0.5, 0.6) is 0 Å². The largest absolute Gasteiger partial charge is 0.478 e. The molecule has 0 saturated carbocycles. The molecule has 0 spiro atoms. The topological polar surface area (TPSA) is 149 Å². The monoisotopic (exact) mass is 422 g/mol. The lowest BCUT2D eigenvalue weighted by Crippen LogP contribution is -2.35. The summed E-state index contributed by atoms with van der Waals surface area (Å²) in [6.45, 7) is -0.162. The van der Waals surface area contributed by atoms with Gasteiger partial charge in [0.05, 0.1) is 33.4 Å². The third-order valence-corrected chi connectivity index (χ3v) is 5.20. The van der Waals surface area contributed by atoms with Crippen molar-refractivity contribution in [1.82, 2.24) is 9.80 Å². The predicted octanol–water partition coefficient (Wildman–Crippen LogP) is 1.37. The molecule has 2 aliphatic rings. The van der Waals surface area contributed by atoms with E-state index in [-0.39, 0.29) is 52.9 Å². The number of carboxylic acid groups (broad SMARTS) is 2. The van der Waals surface area contributed by atoms with Gasteiger partial charge in [0, 0.05) is 13.1 Å². The normalized spacial score (nSPS) is 14.8. The Morgan fingerprint density at radius 1 is 0.613 bits per heavy atom. The number of hydrogen-bond acceptors (Lipinski definition) is 6. The zero-order valence-corrected chi connectivity index (χ0v) is 15.8. The summed E-state index contributed by atoms with van der Waals surface area (Å²) in [4.78, 5) is 74.1. The Bertz CT molecular complexity index is 1120. The molecule has 0 unspecified atom stereocenters. The molecule has 4 amide bonds. The number of fused-ring (bicyclic) bond motifs is 2. The van der Waals surface area contributed by atoms with Crippen LogP contribution in [-0.4, -0.2) is 68.7 Å². The van der Waals surface area contributed by atoms with Crippen LogP contribution in [-0.2, 0) is 0 Å². The van der Waals surface area contributed by atoms with Crippen molar-refractivity contribution in [3.05, 3.63) is 69.8 Å². The third kappa shape index (κ3) is 3.14. The number of hydrogen-bond donors (Lipinski definition) is 2. The third-order valence-electron chi connectivity index (χ3n) is 5.20. The van der Waals surface area contributed by atoms with Crippen LogP contribution in [0.4, 0.5) is 0 Å². The van der Waals surface area contributed by atoms with Crippen LogP contribution < -0.4 is 0 Å². The van der Waals surface area contributed by atoms with E-state index < -0.39 is 35.6 Å². The second-order valence-electron chi connectivity index (χ2n) is 7.01. The van der Waals surface area contributed by atoms with Gasteiger partial charge in [0.1, 0.15) is 0 Å². The summed E-state index contributed by atoms with van der Waals surface area (Å²) < 4.78 is 0. The fourth-order valence-electron chi connectivity index (χ4n) is 3.64. The highest BCUT2D eigenvalue weighted by atomic mass is 16.4. The Morgan fingerprint density at radius 2 is 0.968 bits per heavy atom. The molecule has 10 nitrogen and oxygen atoms in total. The van der Waals surface area contributed by atoms with Crippen LogP contribution in [0.3, 0.4) is 0 Å². The Labute approximate surface area is 174 Å². The van der Waals surface area contributed by atoms with Gasteiger partial charge in [0.2, 0.25) is 0 Å². The number of carbonyl (C=O) groups excluding carboxylic acids is 4. The van der Waals surface area contributed by atoms with Crippen molar-refractivity contribution in [3.8, 4) is 0 Å². The van der Waals surface area contributed by atoms with Crippen molar-refractivity contribution in [2.24, 2.45) is 0 Å². The molecule has 10 heteroatoms. The Balaban J connectivity index is 1.45. The molecular weight excluding hydrogens is 408 g/mol. The first-order valence-electron chi connectivity index (χ1n) is 9.17. The molecule has 2 heterocycles. The van der Waals surface area contributed by atoms with Crippen molar-refractivity contribution in [2.45, 2.75) is 6.42 Å². The Hall–Kier alpha value is -4.34. The van der Waals surface area contributed by atoms with Crippen LogP contribution in [0.25, 0.3) is 0 Å². The highest BCUT2D eigenvalue weighted by molar-refractivity contribution is 6.22. The number of nitrogens with zero attached hydrogens (tertiary/aromatic N) is 2. The fourth-order valence-corrected chi connectivity index (χ4v) is 3.64. The van der Waals surface area contributed by atoms with E-state index in [1.165, 1.54) is 24.3 Å². The molecule has 2 aromatic carbocycles. The summed E-state index contributed by atoms with van der Waals surface area (Å²) in [5.74, 6) is -4.89. The maximum Gasteiger partial charge on any atom is 0.335 e. The van der Waals surface area contributed by atoms with Gasteiger partial charge in [-0.1, -0.05) is 0 Å².